The lowest BCUT2D eigenvalue weighted by Crippen LogP contribution is -2.24. The average Bonchev–Trinajstić information content (AvgIpc) is 2.84. The van der Waals surface area contributed by atoms with Gasteiger partial charge in [0.05, 0.1) is 12.2 Å². The summed E-state index contributed by atoms with van der Waals surface area (Å²) in [6.45, 7) is 2.15. The normalized spacial score (nSPS) is 13.7. The lowest BCUT2D eigenvalue weighted by molar-refractivity contribution is -0.115. The molecule has 1 aliphatic rings. The molecule has 0 radical (unpaired) electrons. The molecule has 2 aromatic rings. The van der Waals surface area contributed by atoms with Gasteiger partial charge in [-0.25, -0.2) is 13.1 Å². The van der Waals surface area contributed by atoms with E-state index in [-0.39, 0.29) is 18.2 Å². The van der Waals surface area contributed by atoms with Gasteiger partial charge in [0.1, 0.15) is 0 Å². The monoisotopic (exact) mass is 330 g/mol. The third kappa shape index (κ3) is 3.97. The summed E-state index contributed by atoms with van der Waals surface area (Å²) in [7, 11) is -3.41. The minimum atomic E-state index is -3.41. The number of hydrogen-bond acceptors (Lipinski definition) is 3. The van der Waals surface area contributed by atoms with Crippen LogP contribution in [0.4, 0.5) is 5.69 Å². The molecule has 0 bridgehead atoms. The van der Waals surface area contributed by atoms with Crippen molar-refractivity contribution >= 4 is 21.6 Å². The largest absolute Gasteiger partial charge is 0.326 e. The maximum atomic E-state index is 12.2. The first-order chi connectivity index (χ1) is 10.9. The molecule has 2 aromatic carbocycles. The molecule has 0 unspecified atom stereocenters. The maximum Gasteiger partial charge on any atom is 0.228 e. The molecule has 0 spiro atoms. The number of anilines is 1. The summed E-state index contributed by atoms with van der Waals surface area (Å²) in [5.74, 6) is -0.0724. The van der Waals surface area contributed by atoms with Crippen molar-refractivity contribution in [1.82, 2.24) is 4.72 Å². The molecule has 2 N–H and O–H groups in total. The Morgan fingerprint density at radius 1 is 1.13 bits per heavy atom. The first kappa shape index (κ1) is 15.7. The minimum absolute atomic E-state index is 0.0304. The van der Waals surface area contributed by atoms with E-state index >= 15 is 0 Å². The molecule has 0 aromatic heterocycles. The van der Waals surface area contributed by atoms with Gasteiger partial charge in [-0.3, -0.25) is 4.79 Å². The van der Waals surface area contributed by atoms with Crippen molar-refractivity contribution in [3.8, 4) is 0 Å². The number of sulfonamides is 1. The number of hydrogen-bond donors (Lipinski definition) is 2. The van der Waals surface area contributed by atoms with Gasteiger partial charge in [0.25, 0.3) is 0 Å². The Morgan fingerprint density at radius 2 is 1.96 bits per heavy atom. The van der Waals surface area contributed by atoms with Crippen LogP contribution < -0.4 is 10.0 Å². The molecule has 1 aliphatic heterocycles. The van der Waals surface area contributed by atoms with Crippen LogP contribution in [0.25, 0.3) is 0 Å². The van der Waals surface area contributed by atoms with Gasteiger partial charge in [-0.05, 0) is 29.7 Å². The highest BCUT2D eigenvalue weighted by Gasteiger charge is 2.18. The van der Waals surface area contributed by atoms with E-state index in [1.54, 1.807) is 6.07 Å². The Hall–Kier alpha value is -2.18. The molecule has 5 nitrogen and oxygen atoms in total. The summed E-state index contributed by atoms with van der Waals surface area (Å²) >= 11 is 0. The molecule has 0 saturated carbocycles. The molecule has 120 valence electrons. The van der Waals surface area contributed by atoms with Crippen LogP contribution in [0.2, 0.25) is 0 Å². The molecule has 0 fully saturated rings. The van der Waals surface area contributed by atoms with Gasteiger partial charge in [0.15, 0.2) is 0 Å². The second kappa shape index (κ2) is 6.14. The quantitative estimate of drug-likeness (QED) is 0.882. The van der Waals surface area contributed by atoms with Crippen LogP contribution in [0, 0.1) is 6.92 Å². The van der Waals surface area contributed by atoms with Crippen LogP contribution in [0.1, 0.15) is 22.3 Å². The molecular formula is C17H18N2O3S. The summed E-state index contributed by atoms with van der Waals surface area (Å²) in [6.07, 6.45) is 0.346. The van der Waals surface area contributed by atoms with Crippen molar-refractivity contribution in [2.45, 2.75) is 25.6 Å². The summed E-state index contributed by atoms with van der Waals surface area (Å²) in [5.41, 5.74) is 4.36. The molecular weight excluding hydrogens is 312 g/mol. The number of carbonyl (C=O) groups excluding carboxylic acids is 1. The van der Waals surface area contributed by atoms with Crippen LogP contribution in [0.15, 0.2) is 42.5 Å². The fourth-order valence-electron chi connectivity index (χ4n) is 2.66. The first-order valence-electron chi connectivity index (χ1n) is 7.36. The first-order valence-corrected chi connectivity index (χ1v) is 9.01. The third-order valence-corrected chi connectivity index (χ3v) is 5.03. The summed E-state index contributed by atoms with van der Waals surface area (Å²) < 4.78 is 27.0. The zero-order chi connectivity index (χ0) is 16.4. The number of fused-ring (bicyclic) bond motifs is 1. The van der Waals surface area contributed by atoms with Gasteiger partial charge in [-0.2, -0.15) is 0 Å². The number of nitrogens with one attached hydrogen (secondary N) is 2. The zero-order valence-corrected chi connectivity index (χ0v) is 13.6. The molecule has 1 amide bonds. The van der Waals surface area contributed by atoms with E-state index in [9.17, 15) is 13.2 Å². The fourth-order valence-corrected chi connectivity index (χ4v) is 3.77. The van der Waals surface area contributed by atoms with E-state index in [2.05, 4.69) is 10.0 Å². The van der Waals surface area contributed by atoms with E-state index in [0.29, 0.717) is 6.42 Å². The Bertz CT molecular complexity index is 860. The highest BCUT2D eigenvalue weighted by Crippen LogP contribution is 2.23. The van der Waals surface area contributed by atoms with Gasteiger partial charge in [0.2, 0.25) is 15.9 Å². The number of amides is 1. The summed E-state index contributed by atoms with van der Waals surface area (Å²) in [4.78, 5) is 11.3. The molecule has 1 heterocycles. The molecule has 0 saturated heterocycles. The lowest BCUT2D eigenvalue weighted by Gasteiger charge is -2.08. The topological polar surface area (TPSA) is 75.3 Å². The minimum Gasteiger partial charge on any atom is -0.326 e. The predicted octanol–water partition coefficient (Wildman–Crippen LogP) is 2.11. The standard InChI is InChI=1S/C17H18N2O3S/c1-12-3-2-4-14(7-12)11-23(21,22)18-10-13-5-6-16-15(8-13)9-17(20)19-16/h2-8,18H,9-11H2,1H3,(H,19,20). The van der Waals surface area contributed by atoms with Crippen molar-refractivity contribution < 1.29 is 13.2 Å². The lowest BCUT2D eigenvalue weighted by atomic mass is 10.1. The second-order valence-electron chi connectivity index (χ2n) is 5.79. The van der Waals surface area contributed by atoms with Crippen molar-refractivity contribution in [3.63, 3.8) is 0 Å². The summed E-state index contributed by atoms with van der Waals surface area (Å²) in [5, 5.41) is 2.76. The van der Waals surface area contributed by atoms with Crippen LogP contribution in [-0.2, 0) is 33.5 Å². The van der Waals surface area contributed by atoms with Crippen molar-refractivity contribution in [2.24, 2.45) is 0 Å². The van der Waals surface area contributed by atoms with Crippen LogP contribution in [-0.4, -0.2) is 14.3 Å². The Kier molecular flexibility index (Phi) is 4.19. The van der Waals surface area contributed by atoms with Gasteiger partial charge in [-0.15, -0.1) is 0 Å². The van der Waals surface area contributed by atoms with E-state index in [4.69, 9.17) is 0 Å². The number of carbonyl (C=O) groups is 1. The van der Waals surface area contributed by atoms with E-state index in [0.717, 1.165) is 27.9 Å². The number of aryl methyl sites for hydroxylation is 1. The van der Waals surface area contributed by atoms with E-state index in [1.807, 2.05) is 43.3 Å². The smallest absolute Gasteiger partial charge is 0.228 e. The Balaban J connectivity index is 1.65. The third-order valence-electron chi connectivity index (χ3n) is 3.73. The van der Waals surface area contributed by atoms with Gasteiger partial charge in [-0.1, -0.05) is 42.0 Å². The highest BCUT2D eigenvalue weighted by atomic mass is 32.2. The summed E-state index contributed by atoms with van der Waals surface area (Å²) in [6, 6.07) is 12.9. The van der Waals surface area contributed by atoms with Gasteiger partial charge in [0, 0.05) is 12.2 Å². The van der Waals surface area contributed by atoms with Crippen LogP contribution >= 0.6 is 0 Å². The Morgan fingerprint density at radius 3 is 2.74 bits per heavy atom. The van der Waals surface area contributed by atoms with Gasteiger partial charge < -0.3 is 5.32 Å². The van der Waals surface area contributed by atoms with E-state index < -0.39 is 10.0 Å². The maximum absolute atomic E-state index is 12.2. The molecule has 6 heteroatoms. The van der Waals surface area contributed by atoms with Crippen LogP contribution in [0.5, 0.6) is 0 Å². The number of benzene rings is 2. The van der Waals surface area contributed by atoms with Gasteiger partial charge >= 0.3 is 0 Å². The van der Waals surface area contributed by atoms with Crippen molar-refractivity contribution in [1.29, 1.82) is 0 Å². The molecule has 3 rings (SSSR count). The van der Waals surface area contributed by atoms with Crippen molar-refractivity contribution in [2.75, 3.05) is 5.32 Å². The molecule has 0 atom stereocenters. The van der Waals surface area contributed by atoms with Crippen LogP contribution in [0.3, 0.4) is 0 Å². The Labute approximate surface area is 135 Å². The predicted molar refractivity (Wildman–Crippen MR) is 89.4 cm³/mol. The zero-order valence-electron chi connectivity index (χ0n) is 12.8. The molecule has 23 heavy (non-hydrogen) atoms. The number of rotatable bonds is 5. The second-order valence-corrected chi connectivity index (χ2v) is 7.59. The van der Waals surface area contributed by atoms with E-state index in [1.165, 1.54) is 0 Å². The molecule has 0 aliphatic carbocycles. The fraction of sp³-hybridized carbons (Fsp3) is 0.235. The van der Waals surface area contributed by atoms with Crippen molar-refractivity contribution in [3.05, 3.63) is 64.7 Å². The highest BCUT2D eigenvalue weighted by molar-refractivity contribution is 7.88. The SMILES string of the molecule is Cc1cccc(CS(=O)(=O)NCc2ccc3c(c2)CC(=O)N3)c1. The average molecular weight is 330 g/mol.